The van der Waals surface area contributed by atoms with Crippen LogP contribution in [-0.2, 0) is 6.61 Å². The molecule has 2 aromatic carbocycles. The number of carbonyl (C=O) groups excluding carboxylic acids is 1. The van der Waals surface area contributed by atoms with Gasteiger partial charge in [-0.2, -0.15) is 0 Å². The second-order valence-electron chi connectivity index (χ2n) is 7.08. The first-order valence-corrected chi connectivity index (χ1v) is 10.4. The van der Waals surface area contributed by atoms with E-state index in [1.165, 1.54) is 31.3 Å². The first kappa shape index (κ1) is 20.3. The van der Waals surface area contributed by atoms with Crippen molar-refractivity contribution in [3.05, 3.63) is 64.7 Å². The van der Waals surface area contributed by atoms with Gasteiger partial charge >= 0.3 is 0 Å². The highest BCUT2D eigenvalue weighted by atomic mass is 32.1. The van der Waals surface area contributed by atoms with Crippen LogP contribution < -0.4 is 14.8 Å². The van der Waals surface area contributed by atoms with Gasteiger partial charge in [-0.25, -0.2) is 13.8 Å². The van der Waals surface area contributed by atoms with E-state index >= 15 is 0 Å². The number of hydrogen-bond acceptors (Lipinski definition) is 5. The molecule has 1 saturated carbocycles. The van der Waals surface area contributed by atoms with Crippen molar-refractivity contribution in [2.75, 3.05) is 13.7 Å². The van der Waals surface area contributed by atoms with Crippen molar-refractivity contribution >= 4 is 17.2 Å². The first-order chi connectivity index (χ1) is 14.5. The molecule has 1 amide bonds. The quantitative estimate of drug-likeness (QED) is 0.557. The normalized spacial score (nSPS) is 13.2. The second kappa shape index (κ2) is 8.79. The van der Waals surface area contributed by atoms with Crippen LogP contribution in [0.1, 0.15) is 28.9 Å². The monoisotopic (exact) mass is 430 g/mol. The molecule has 1 aromatic heterocycles. The maximum Gasteiger partial charge on any atom is 0.270 e. The highest BCUT2D eigenvalue weighted by Gasteiger charge is 2.22. The van der Waals surface area contributed by atoms with Gasteiger partial charge in [0.15, 0.2) is 11.5 Å². The average Bonchev–Trinajstić information content (AvgIpc) is 3.46. The Morgan fingerprint density at radius 2 is 2.03 bits per heavy atom. The van der Waals surface area contributed by atoms with Crippen LogP contribution >= 0.6 is 11.3 Å². The summed E-state index contributed by atoms with van der Waals surface area (Å²) in [6.07, 6.45) is 2.34. The van der Waals surface area contributed by atoms with Gasteiger partial charge in [-0.3, -0.25) is 4.79 Å². The number of aromatic nitrogens is 1. The number of halogens is 2. The van der Waals surface area contributed by atoms with Crippen LogP contribution in [0.5, 0.6) is 11.5 Å². The molecule has 0 spiro atoms. The zero-order chi connectivity index (χ0) is 21.1. The summed E-state index contributed by atoms with van der Waals surface area (Å²) >= 11 is 1.36. The van der Waals surface area contributed by atoms with Gasteiger partial charge in [0.05, 0.1) is 7.11 Å². The Labute approximate surface area is 176 Å². The second-order valence-corrected chi connectivity index (χ2v) is 7.94. The van der Waals surface area contributed by atoms with Gasteiger partial charge < -0.3 is 14.8 Å². The molecule has 3 aromatic rings. The maximum absolute atomic E-state index is 13.8. The van der Waals surface area contributed by atoms with Crippen molar-refractivity contribution in [1.29, 1.82) is 0 Å². The first-order valence-electron chi connectivity index (χ1n) is 9.52. The Morgan fingerprint density at radius 3 is 2.80 bits per heavy atom. The zero-order valence-corrected chi connectivity index (χ0v) is 17.1. The van der Waals surface area contributed by atoms with Crippen LogP contribution in [0.3, 0.4) is 0 Å². The molecular formula is C22H20F2N2O3S. The lowest BCUT2D eigenvalue weighted by Gasteiger charge is -2.12. The van der Waals surface area contributed by atoms with Crippen molar-refractivity contribution in [3.8, 4) is 22.1 Å². The van der Waals surface area contributed by atoms with Crippen molar-refractivity contribution in [2.45, 2.75) is 19.4 Å². The Morgan fingerprint density at radius 1 is 1.20 bits per heavy atom. The highest BCUT2D eigenvalue weighted by molar-refractivity contribution is 7.13. The van der Waals surface area contributed by atoms with E-state index in [1.807, 2.05) is 0 Å². The van der Waals surface area contributed by atoms with E-state index in [2.05, 4.69) is 10.3 Å². The number of ether oxygens (including phenoxy) is 2. The fraction of sp³-hybridized carbons (Fsp3) is 0.273. The molecule has 1 fully saturated rings. The molecule has 30 heavy (non-hydrogen) atoms. The third kappa shape index (κ3) is 4.76. The predicted octanol–water partition coefficient (Wildman–Crippen LogP) is 4.82. The summed E-state index contributed by atoms with van der Waals surface area (Å²) in [6, 6.07) is 8.42. The fourth-order valence-corrected chi connectivity index (χ4v) is 3.69. The summed E-state index contributed by atoms with van der Waals surface area (Å²) in [6.45, 7) is 0.555. The lowest BCUT2D eigenvalue weighted by atomic mass is 10.2. The highest BCUT2D eigenvalue weighted by Crippen LogP contribution is 2.34. The molecule has 0 aliphatic heterocycles. The minimum absolute atomic E-state index is 0.114. The molecule has 0 bridgehead atoms. The number of nitrogens with zero attached hydrogens (tertiary/aromatic N) is 1. The SMILES string of the molecule is COc1cc(-c2nc(C(=O)NCC3CC3)cs2)ccc1OCc1cc(F)ccc1F. The minimum Gasteiger partial charge on any atom is -0.493 e. The van der Waals surface area contributed by atoms with Crippen molar-refractivity contribution in [2.24, 2.45) is 5.92 Å². The molecule has 1 aliphatic carbocycles. The number of rotatable bonds is 8. The van der Waals surface area contributed by atoms with Crippen LogP contribution in [-0.4, -0.2) is 24.5 Å². The van der Waals surface area contributed by atoms with E-state index in [9.17, 15) is 13.6 Å². The van der Waals surface area contributed by atoms with Crippen molar-refractivity contribution in [1.82, 2.24) is 10.3 Å². The van der Waals surface area contributed by atoms with Crippen LogP contribution in [0, 0.1) is 17.6 Å². The number of carbonyl (C=O) groups is 1. The van der Waals surface area contributed by atoms with Gasteiger partial charge in [0.25, 0.3) is 5.91 Å². The number of hydrogen-bond donors (Lipinski definition) is 1. The summed E-state index contributed by atoms with van der Waals surface area (Å²) < 4.78 is 38.1. The van der Waals surface area contributed by atoms with Gasteiger partial charge in [-0.05, 0) is 55.2 Å². The van der Waals surface area contributed by atoms with Gasteiger partial charge in [-0.15, -0.1) is 11.3 Å². The van der Waals surface area contributed by atoms with Crippen molar-refractivity contribution in [3.63, 3.8) is 0 Å². The van der Waals surface area contributed by atoms with Gasteiger partial charge in [0, 0.05) is 23.1 Å². The van der Waals surface area contributed by atoms with Crippen LogP contribution in [0.4, 0.5) is 8.78 Å². The van der Waals surface area contributed by atoms with Crippen LogP contribution in [0.25, 0.3) is 10.6 Å². The Balaban J connectivity index is 1.46. The summed E-state index contributed by atoms with van der Waals surface area (Å²) in [4.78, 5) is 16.6. The molecule has 1 N–H and O–H groups in total. The lowest BCUT2D eigenvalue weighted by Crippen LogP contribution is -2.25. The molecule has 0 radical (unpaired) electrons. The van der Waals surface area contributed by atoms with E-state index in [0.717, 1.165) is 23.8 Å². The lowest BCUT2D eigenvalue weighted by molar-refractivity contribution is 0.0947. The molecule has 0 unspecified atom stereocenters. The summed E-state index contributed by atoms with van der Waals surface area (Å²) in [5, 5.41) is 5.30. The third-order valence-electron chi connectivity index (χ3n) is 4.79. The van der Waals surface area contributed by atoms with Crippen LogP contribution in [0.15, 0.2) is 41.8 Å². The molecule has 1 aliphatic rings. The smallest absolute Gasteiger partial charge is 0.270 e. The van der Waals surface area contributed by atoms with E-state index in [0.29, 0.717) is 34.7 Å². The Hall–Kier alpha value is -3.00. The molecule has 1 heterocycles. The number of amides is 1. The summed E-state index contributed by atoms with van der Waals surface area (Å²) in [5.41, 5.74) is 1.27. The van der Waals surface area contributed by atoms with E-state index in [-0.39, 0.29) is 18.1 Å². The molecule has 4 rings (SSSR count). The molecule has 156 valence electrons. The fourth-order valence-electron chi connectivity index (χ4n) is 2.89. The Kier molecular flexibility index (Phi) is 5.94. The topological polar surface area (TPSA) is 60.5 Å². The number of thiazole rings is 1. The Bertz CT molecular complexity index is 1070. The zero-order valence-electron chi connectivity index (χ0n) is 16.3. The summed E-state index contributed by atoms with van der Waals surface area (Å²) in [7, 11) is 1.49. The maximum atomic E-state index is 13.8. The average molecular weight is 430 g/mol. The predicted molar refractivity (Wildman–Crippen MR) is 110 cm³/mol. The number of nitrogens with one attached hydrogen (secondary N) is 1. The molecule has 5 nitrogen and oxygen atoms in total. The molecule has 0 saturated heterocycles. The minimum atomic E-state index is -0.540. The van der Waals surface area contributed by atoms with E-state index in [1.54, 1.807) is 23.6 Å². The number of benzene rings is 2. The van der Waals surface area contributed by atoms with Gasteiger partial charge in [-0.1, -0.05) is 0 Å². The van der Waals surface area contributed by atoms with Crippen molar-refractivity contribution < 1.29 is 23.0 Å². The molecule has 8 heteroatoms. The van der Waals surface area contributed by atoms with Gasteiger partial charge in [0.2, 0.25) is 0 Å². The van der Waals surface area contributed by atoms with Gasteiger partial charge in [0.1, 0.15) is 28.9 Å². The van der Waals surface area contributed by atoms with Crippen LogP contribution in [0.2, 0.25) is 0 Å². The van der Waals surface area contributed by atoms with E-state index in [4.69, 9.17) is 9.47 Å². The largest absolute Gasteiger partial charge is 0.493 e. The molecule has 0 atom stereocenters. The molecular weight excluding hydrogens is 410 g/mol. The standard InChI is InChI=1S/C22H20F2N2O3S/c1-28-20-9-14(22-26-18(12-30-22)21(27)25-10-13-2-3-13)4-7-19(20)29-11-15-8-16(23)5-6-17(15)24/h4-9,12-13H,2-3,10-11H2,1H3,(H,25,27). The van der Waals surface area contributed by atoms with E-state index < -0.39 is 11.6 Å². The summed E-state index contributed by atoms with van der Waals surface area (Å²) in [5.74, 6) is 0.182. The third-order valence-corrected chi connectivity index (χ3v) is 5.68. The number of methoxy groups -OCH3 is 1.